The summed E-state index contributed by atoms with van der Waals surface area (Å²) in [6.45, 7) is 0. The van der Waals surface area contributed by atoms with Crippen LogP contribution in [0.3, 0.4) is 0 Å². The minimum Gasteiger partial charge on any atom is -0.493 e. The summed E-state index contributed by atoms with van der Waals surface area (Å²) < 4.78 is 21.5. The number of hydrogen-bond donors (Lipinski definition) is 1. The largest absolute Gasteiger partial charge is 0.493 e. The first-order chi connectivity index (χ1) is 14.2. The van der Waals surface area contributed by atoms with Gasteiger partial charge in [0.1, 0.15) is 5.82 Å². The van der Waals surface area contributed by atoms with Crippen molar-refractivity contribution < 1.29 is 18.9 Å². The highest BCUT2D eigenvalue weighted by molar-refractivity contribution is 5.86. The van der Waals surface area contributed by atoms with E-state index in [0.717, 1.165) is 27.9 Å². The van der Waals surface area contributed by atoms with Crippen LogP contribution in [0.25, 0.3) is 33.7 Å². The number of hydrogen-bond acceptors (Lipinski definition) is 6. The summed E-state index contributed by atoms with van der Waals surface area (Å²) in [5.74, 6) is 3.27. The molecule has 0 aliphatic rings. The summed E-state index contributed by atoms with van der Waals surface area (Å²) >= 11 is 0. The SMILES string of the molecule is COc1ccc(-c2ncccc2-c2nc3cc(OC)c(OC)cc3[nH]2)cc1OC. The second kappa shape index (κ2) is 7.71. The fourth-order valence-electron chi connectivity index (χ4n) is 3.27. The molecule has 29 heavy (non-hydrogen) atoms. The van der Waals surface area contributed by atoms with Crippen LogP contribution in [0.1, 0.15) is 0 Å². The monoisotopic (exact) mass is 391 g/mol. The third-order valence-corrected chi connectivity index (χ3v) is 4.71. The molecule has 0 atom stereocenters. The van der Waals surface area contributed by atoms with Crippen molar-refractivity contribution >= 4 is 11.0 Å². The first kappa shape index (κ1) is 18.6. The first-order valence-electron chi connectivity index (χ1n) is 8.98. The molecule has 0 saturated carbocycles. The van der Waals surface area contributed by atoms with Crippen molar-refractivity contribution in [2.75, 3.05) is 28.4 Å². The van der Waals surface area contributed by atoms with Crippen LogP contribution in [0.4, 0.5) is 0 Å². The molecular formula is C22H21N3O4. The zero-order valence-corrected chi connectivity index (χ0v) is 16.6. The molecule has 0 radical (unpaired) electrons. The summed E-state index contributed by atoms with van der Waals surface area (Å²) in [4.78, 5) is 12.7. The van der Waals surface area contributed by atoms with Gasteiger partial charge in [-0.1, -0.05) is 0 Å². The van der Waals surface area contributed by atoms with Gasteiger partial charge in [-0.2, -0.15) is 0 Å². The first-order valence-corrected chi connectivity index (χ1v) is 8.98. The quantitative estimate of drug-likeness (QED) is 0.527. The van der Waals surface area contributed by atoms with Gasteiger partial charge in [0.25, 0.3) is 0 Å². The Labute approximate surface area is 168 Å². The van der Waals surface area contributed by atoms with Crippen LogP contribution in [0.2, 0.25) is 0 Å². The molecule has 0 saturated heterocycles. The van der Waals surface area contributed by atoms with Crippen LogP contribution in [-0.4, -0.2) is 43.4 Å². The lowest BCUT2D eigenvalue weighted by atomic mass is 10.0. The Bertz CT molecular complexity index is 1130. The van der Waals surface area contributed by atoms with E-state index in [1.807, 2.05) is 42.5 Å². The number of nitrogens with one attached hydrogen (secondary N) is 1. The number of aromatic amines is 1. The van der Waals surface area contributed by atoms with Gasteiger partial charge in [0, 0.05) is 29.5 Å². The van der Waals surface area contributed by atoms with Gasteiger partial charge in [0.05, 0.1) is 45.2 Å². The summed E-state index contributed by atoms with van der Waals surface area (Å²) in [6, 6.07) is 13.3. The van der Waals surface area contributed by atoms with E-state index in [1.54, 1.807) is 34.6 Å². The van der Waals surface area contributed by atoms with E-state index in [0.29, 0.717) is 28.8 Å². The van der Waals surface area contributed by atoms with Crippen molar-refractivity contribution in [2.24, 2.45) is 0 Å². The van der Waals surface area contributed by atoms with E-state index in [2.05, 4.69) is 9.97 Å². The predicted octanol–water partition coefficient (Wildman–Crippen LogP) is 4.33. The lowest BCUT2D eigenvalue weighted by molar-refractivity contribution is 0.355. The average Bonchev–Trinajstić information content (AvgIpc) is 3.20. The van der Waals surface area contributed by atoms with E-state index >= 15 is 0 Å². The van der Waals surface area contributed by atoms with Gasteiger partial charge in [-0.25, -0.2) is 4.98 Å². The van der Waals surface area contributed by atoms with E-state index in [4.69, 9.17) is 23.9 Å². The maximum atomic E-state index is 5.44. The van der Waals surface area contributed by atoms with Crippen LogP contribution < -0.4 is 18.9 Å². The topological polar surface area (TPSA) is 78.5 Å². The molecule has 0 aliphatic heterocycles. The molecule has 0 aliphatic carbocycles. The van der Waals surface area contributed by atoms with Crippen molar-refractivity contribution in [2.45, 2.75) is 0 Å². The molecule has 7 nitrogen and oxygen atoms in total. The van der Waals surface area contributed by atoms with Crippen LogP contribution in [0.15, 0.2) is 48.7 Å². The highest BCUT2D eigenvalue weighted by Crippen LogP contribution is 2.37. The van der Waals surface area contributed by atoms with Crippen molar-refractivity contribution in [1.29, 1.82) is 0 Å². The number of ether oxygens (including phenoxy) is 4. The zero-order valence-electron chi connectivity index (χ0n) is 16.6. The third-order valence-electron chi connectivity index (χ3n) is 4.71. The summed E-state index contributed by atoms with van der Waals surface area (Å²) in [6.07, 6.45) is 1.75. The standard InChI is InChI=1S/C22H21N3O4/c1-26-17-8-7-13(10-18(17)27-2)21-14(6-5-9-23-21)22-24-15-11-19(28-3)20(29-4)12-16(15)25-22/h5-12H,1-4H3,(H,24,25). The van der Waals surface area contributed by atoms with E-state index < -0.39 is 0 Å². The molecule has 0 fully saturated rings. The molecule has 7 heteroatoms. The molecule has 0 spiro atoms. The van der Waals surface area contributed by atoms with Gasteiger partial charge in [-0.3, -0.25) is 4.98 Å². The van der Waals surface area contributed by atoms with E-state index in [1.165, 1.54) is 0 Å². The minimum atomic E-state index is 0.629. The highest BCUT2D eigenvalue weighted by atomic mass is 16.5. The van der Waals surface area contributed by atoms with Gasteiger partial charge >= 0.3 is 0 Å². The number of rotatable bonds is 6. The Balaban J connectivity index is 1.85. The molecule has 0 amide bonds. The average molecular weight is 391 g/mol. The van der Waals surface area contributed by atoms with Crippen LogP contribution in [0, 0.1) is 0 Å². The highest BCUT2D eigenvalue weighted by Gasteiger charge is 2.16. The van der Waals surface area contributed by atoms with E-state index in [-0.39, 0.29) is 0 Å². The predicted molar refractivity (Wildman–Crippen MR) is 111 cm³/mol. The number of nitrogens with zero attached hydrogens (tertiary/aromatic N) is 2. The number of imidazole rings is 1. The van der Waals surface area contributed by atoms with Crippen molar-refractivity contribution in [1.82, 2.24) is 15.0 Å². The molecule has 1 N–H and O–H groups in total. The number of benzene rings is 2. The van der Waals surface area contributed by atoms with Crippen LogP contribution in [-0.2, 0) is 0 Å². The normalized spacial score (nSPS) is 10.8. The molecule has 148 valence electrons. The number of fused-ring (bicyclic) bond motifs is 1. The molecule has 4 rings (SSSR count). The van der Waals surface area contributed by atoms with Gasteiger partial charge < -0.3 is 23.9 Å². The number of H-pyrrole nitrogens is 1. The Hall–Kier alpha value is -3.74. The summed E-state index contributed by atoms with van der Waals surface area (Å²) in [5, 5.41) is 0. The van der Waals surface area contributed by atoms with Crippen molar-refractivity contribution in [3.05, 3.63) is 48.7 Å². The fourth-order valence-corrected chi connectivity index (χ4v) is 3.27. The molecule has 2 aromatic heterocycles. The van der Waals surface area contributed by atoms with Crippen LogP contribution in [0.5, 0.6) is 23.0 Å². The van der Waals surface area contributed by atoms with Crippen LogP contribution >= 0.6 is 0 Å². The Kier molecular flexibility index (Phi) is 4.95. The third kappa shape index (κ3) is 3.31. The molecule has 0 bridgehead atoms. The zero-order chi connectivity index (χ0) is 20.4. The second-order valence-electron chi connectivity index (χ2n) is 6.28. The fraction of sp³-hybridized carbons (Fsp3) is 0.182. The van der Waals surface area contributed by atoms with Gasteiger partial charge in [0.15, 0.2) is 23.0 Å². The lowest BCUT2D eigenvalue weighted by Crippen LogP contribution is -1.94. The maximum Gasteiger partial charge on any atom is 0.163 e. The molecular weight excluding hydrogens is 370 g/mol. The number of pyridine rings is 1. The van der Waals surface area contributed by atoms with Crippen molar-refractivity contribution in [3.63, 3.8) is 0 Å². The molecule has 2 aromatic carbocycles. The number of aromatic nitrogens is 3. The van der Waals surface area contributed by atoms with Gasteiger partial charge in [-0.15, -0.1) is 0 Å². The lowest BCUT2D eigenvalue weighted by Gasteiger charge is -2.11. The van der Waals surface area contributed by atoms with Gasteiger partial charge in [-0.05, 0) is 30.3 Å². The Morgan fingerprint density at radius 1 is 0.759 bits per heavy atom. The minimum absolute atomic E-state index is 0.629. The maximum absolute atomic E-state index is 5.44. The molecule has 4 aromatic rings. The molecule has 0 unspecified atom stereocenters. The smallest absolute Gasteiger partial charge is 0.163 e. The Morgan fingerprint density at radius 3 is 2.17 bits per heavy atom. The number of methoxy groups -OCH3 is 4. The summed E-state index contributed by atoms with van der Waals surface area (Å²) in [5.41, 5.74) is 4.17. The molecule has 2 heterocycles. The van der Waals surface area contributed by atoms with Crippen molar-refractivity contribution in [3.8, 4) is 45.6 Å². The van der Waals surface area contributed by atoms with Gasteiger partial charge in [0.2, 0.25) is 0 Å². The Morgan fingerprint density at radius 2 is 1.45 bits per heavy atom. The summed E-state index contributed by atoms with van der Waals surface area (Å²) in [7, 11) is 6.44. The second-order valence-corrected chi connectivity index (χ2v) is 6.28. The van der Waals surface area contributed by atoms with E-state index in [9.17, 15) is 0 Å².